The molecule has 5 nitrogen and oxygen atoms in total. The Balaban J connectivity index is 1.53. The van der Waals surface area contributed by atoms with Crippen LogP contribution in [0.5, 0.6) is 0 Å². The second kappa shape index (κ2) is 8.07. The molecule has 1 N–H and O–H groups in total. The molecule has 36 heavy (non-hydrogen) atoms. The molecule has 4 fully saturated rings. The van der Waals surface area contributed by atoms with Gasteiger partial charge in [0.2, 0.25) is 5.91 Å². The number of rotatable bonds is 5. The van der Waals surface area contributed by atoms with Gasteiger partial charge in [-0.3, -0.25) is 9.59 Å². The van der Waals surface area contributed by atoms with Gasteiger partial charge in [0.25, 0.3) is 0 Å². The summed E-state index contributed by atoms with van der Waals surface area (Å²) in [6, 6.07) is 6.32. The van der Waals surface area contributed by atoms with Crippen LogP contribution in [-0.4, -0.2) is 39.6 Å². The van der Waals surface area contributed by atoms with Crippen molar-refractivity contribution in [1.29, 1.82) is 0 Å². The molecule has 2 atom stereocenters. The number of hydrogen-bond donors (Lipinski definition) is 1. The number of carboxylic acid groups (broad SMARTS) is 1. The fourth-order valence-electron chi connectivity index (χ4n) is 7.14. The summed E-state index contributed by atoms with van der Waals surface area (Å²) in [5, 5.41) is 10.5. The Kier molecular flexibility index (Phi) is 5.78. The Hall–Kier alpha value is -1.85. The first kappa shape index (κ1) is 25.8. The zero-order valence-electron chi connectivity index (χ0n) is 22.5. The number of ether oxygens (including phenoxy) is 1. The molecule has 2 aliphatic heterocycles. The van der Waals surface area contributed by atoms with Gasteiger partial charge in [-0.25, -0.2) is 0 Å². The van der Waals surface area contributed by atoms with Crippen LogP contribution in [0.4, 0.5) is 0 Å². The molecule has 1 aromatic rings. The Morgan fingerprint density at radius 3 is 2.50 bits per heavy atom. The van der Waals surface area contributed by atoms with E-state index in [0.717, 1.165) is 35.4 Å². The van der Waals surface area contributed by atoms with E-state index < -0.39 is 16.8 Å². The summed E-state index contributed by atoms with van der Waals surface area (Å²) in [7, 11) is 0. The van der Waals surface area contributed by atoms with Crippen molar-refractivity contribution in [3.8, 4) is 0 Å². The average molecular weight is 514 g/mol. The van der Waals surface area contributed by atoms with Crippen molar-refractivity contribution in [1.82, 2.24) is 4.90 Å². The largest absolute Gasteiger partial charge is 0.481 e. The van der Waals surface area contributed by atoms with E-state index in [4.69, 9.17) is 16.3 Å². The molecule has 0 spiro atoms. The molecule has 6 rings (SSSR count). The number of aliphatic carboxylic acids is 1. The lowest BCUT2D eigenvalue weighted by molar-refractivity contribution is -0.163. The maximum absolute atomic E-state index is 13.8. The van der Waals surface area contributed by atoms with E-state index in [1.807, 2.05) is 4.90 Å². The molecule has 3 saturated carbocycles. The van der Waals surface area contributed by atoms with Gasteiger partial charge in [0, 0.05) is 29.1 Å². The zero-order chi connectivity index (χ0) is 26.3. The number of carbonyl (C=O) groups is 2. The van der Waals surface area contributed by atoms with Gasteiger partial charge in [-0.05, 0) is 80.6 Å². The van der Waals surface area contributed by atoms with Crippen LogP contribution < -0.4 is 0 Å². The molecule has 2 heterocycles. The van der Waals surface area contributed by atoms with Gasteiger partial charge in [0.05, 0.1) is 23.0 Å². The highest BCUT2D eigenvalue weighted by Crippen LogP contribution is 2.65. The first-order chi connectivity index (χ1) is 16.6. The van der Waals surface area contributed by atoms with E-state index >= 15 is 0 Å². The predicted octanol–water partition coefficient (Wildman–Crippen LogP) is 6.52. The van der Waals surface area contributed by atoms with E-state index in [-0.39, 0.29) is 28.4 Å². The van der Waals surface area contributed by atoms with Gasteiger partial charge >= 0.3 is 5.97 Å². The van der Waals surface area contributed by atoms with Gasteiger partial charge in [-0.1, -0.05) is 51.4 Å². The summed E-state index contributed by atoms with van der Waals surface area (Å²) in [5.41, 5.74) is 1.67. The maximum atomic E-state index is 13.8. The molecule has 1 saturated heterocycles. The highest BCUT2D eigenvalue weighted by molar-refractivity contribution is 6.31. The molecule has 2 bridgehead atoms. The third-order valence-electron chi connectivity index (χ3n) is 9.86. The Morgan fingerprint density at radius 2 is 1.92 bits per heavy atom. The molecule has 3 aliphatic carbocycles. The average Bonchev–Trinajstić information content (AvgIpc) is 3.33. The lowest BCUT2D eigenvalue weighted by Crippen LogP contribution is -2.62. The van der Waals surface area contributed by atoms with Crippen LogP contribution in [0.2, 0.25) is 5.02 Å². The smallest absolute Gasteiger partial charge is 0.309 e. The van der Waals surface area contributed by atoms with Crippen molar-refractivity contribution < 1.29 is 19.4 Å². The number of fused-ring (bicyclic) bond motifs is 2. The van der Waals surface area contributed by atoms with Gasteiger partial charge in [-0.2, -0.15) is 0 Å². The molecule has 1 amide bonds. The van der Waals surface area contributed by atoms with E-state index in [1.165, 1.54) is 5.57 Å². The standard InChI is InChI=1S/C30H40ClNO4/c1-19-22-15-32(29-12-11-28(16-29,17-29)25(34)35)24(33)14-30(22,18-36-27(19,5)6)21-8-7-20(23(31)13-21)9-10-26(2,3)4/h7-8,13,15,19H,9-12,14,16-18H2,1-6H3,(H,34,35)/t19?,28?,29?,30-/m1/s1. The van der Waals surface area contributed by atoms with Crippen LogP contribution in [0, 0.1) is 16.7 Å². The van der Waals surface area contributed by atoms with Crippen LogP contribution in [-0.2, 0) is 26.2 Å². The van der Waals surface area contributed by atoms with Crippen molar-refractivity contribution in [2.45, 2.75) is 103 Å². The monoisotopic (exact) mass is 513 g/mol. The van der Waals surface area contributed by atoms with Crippen LogP contribution in [0.25, 0.3) is 0 Å². The molecule has 0 radical (unpaired) electrons. The van der Waals surface area contributed by atoms with E-state index in [1.54, 1.807) is 0 Å². The Labute approximate surface area is 220 Å². The SMILES string of the molecule is CC1C2=CN(C34CCC(C(=O)O)(C3)C4)C(=O)C[C@]2(c2ccc(CCC(C)(C)C)c(Cl)c2)COC1(C)C. The lowest BCUT2D eigenvalue weighted by Gasteiger charge is -2.57. The molecule has 5 aliphatic rings. The minimum atomic E-state index is -0.719. The minimum Gasteiger partial charge on any atom is -0.481 e. The molecular formula is C30H40ClNO4. The maximum Gasteiger partial charge on any atom is 0.309 e. The highest BCUT2D eigenvalue weighted by atomic mass is 35.5. The predicted molar refractivity (Wildman–Crippen MR) is 141 cm³/mol. The Bertz CT molecular complexity index is 1140. The van der Waals surface area contributed by atoms with Crippen LogP contribution in [0.15, 0.2) is 30.0 Å². The van der Waals surface area contributed by atoms with Crippen molar-refractivity contribution in [3.05, 3.63) is 46.1 Å². The summed E-state index contributed by atoms with van der Waals surface area (Å²) in [4.78, 5) is 27.6. The van der Waals surface area contributed by atoms with Gasteiger partial charge in [-0.15, -0.1) is 0 Å². The van der Waals surface area contributed by atoms with Crippen molar-refractivity contribution in [3.63, 3.8) is 0 Å². The summed E-state index contributed by atoms with van der Waals surface area (Å²) < 4.78 is 6.43. The molecule has 6 heteroatoms. The fraction of sp³-hybridized carbons (Fsp3) is 0.667. The van der Waals surface area contributed by atoms with Crippen LogP contribution in [0.1, 0.15) is 91.2 Å². The lowest BCUT2D eigenvalue weighted by atomic mass is 9.60. The minimum absolute atomic E-state index is 0.0584. The van der Waals surface area contributed by atoms with Crippen molar-refractivity contribution in [2.75, 3.05) is 6.61 Å². The third kappa shape index (κ3) is 3.84. The normalized spacial score (nSPS) is 35.2. The molecule has 1 unspecified atom stereocenters. The highest BCUT2D eigenvalue weighted by Gasteiger charge is 2.68. The summed E-state index contributed by atoms with van der Waals surface area (Å²) in [6.07, 6.45) is 6.88. The van der Waals surface area contributed by atoms with E-state index in [9.17, 15) is 14.7 Å². The number of benzene rings is 1. The number of halogens is 1. The quantitative estimate of drug-likeness (QED) is 0.487. The number of hydrogen-bond acceptors (Lipinski definition) is 3. The van der Waals surface area contributed by atoms with Crippen molar-refractivity contribution >= 4 is 23.5 Å². The second-order valence-electron chi connectivity index (χ2n) is 13.8. The van der Waals surface area contributed by atoms with Crippen LogP contribution >= 0.6 is 11.6 Å². The summed E-state index contributed by atoms with van der Waals surface area (Å²) >= 11 is 6.83. The van der Waals surface area contributed by atoms with Gasteiger partial charge in [0.1, 0.15) is 0 Å². The van der Waals surface area contributed by atoms with Crippen molar-refractivity contribution in [2.24, 2.45) is 16.7 Å². The molecule has 0 aromatic heterocycles. The molecule has 1 aromatic carbocycles. The van der Waals surface area contributed by atoms with E-state index in [2.05, 4.69) is 65.9 Å². The van der Waals surface area contributed by atoms with Crippen LogP contribution in [0.3, 0.4) is 0 Å². The van der Waals surface area contributed by atoms with E-state index in [0.29, 0.717) is 32.3 Å². The first-order valence-electron chi connectivity index (χ1n) is 13.3. The topological polar surface area (TPSA) is 66.8 Å². The fourth-order valence-corrected chi connectivity index (χ4v) is 7.42. The first-order valence-corrected chi connectivity index (χ1v) is 13.7. The molecule has 196 valence electrons. The third-order valence-corrected chi connectivity index (χ3v) is 10.2. The summed E-state index contributed by atoms with van der Waals surface area (Å²) in [6.45, 7) is 13.5. The number of nitrogens with zero attached hydrogens (tertiary/aromatic N) is 1. The zero-order valence-corrected chi connectivity index (χ0v) is 23.3. The summed E-state index contributed by atoms with van der Waals surface area (Å²) in [5.74, 6) is -0.574. The Morgan fingerprint density at radius 1 is 1.22 bits per heavy atom. The van der Waals surface area contributed by atoms with Gasteiger partial charge in [0.15, 0.2) is 0 Å². The van der Waals surface area contributed by atoms with Gasteiger partial charge < -0.3 is 14.7 Å². The number of carboxylic acids is 1. The number of carbonyl (C=O) groups excluding carboxylic acids is 1. The molecular weight excluding hydrogens is 474 g/mol. The number of amides is 1. The number of aryl methyl sites for hydroxylation is 1. The second-order valence-corrected chi connectivity index (χ2v) is 14.2.